The number of halogens is 1. The van der Waals surface area contributed by atoms with E-state index in [-0.39, 0.29) is 23.9 Å². The summed E-state index contributed by atoms with van der Waals surface area (Å²) in [6.07, 6.45) is 3.38. The van der Waals surface area contributed by atoms with Crippen LogP contribution in [0.1, 0.15) is 48.8 Å². The van der Waals surface area contributed by atoms with Crippen molar-refractivity contribution in [1.82, 2.24) is 15.1 Å². The molecule has 0 fully saturated rings. The van der Waals surface area contributed by atoms with E-state index < -0.39 is 0 Å². The second-order valence-corrected chi connectivity index (χ2v) is 7.76. The molecule has 1 unspecified atom stereocenters. The summed E-state index contributed by atoms with van der Waals surface area (Å²) in [5.41, 5.74) is 3.15. The third-order valence-corrected chi connectivity index (χ3v) is 4.86. The normalized spacial score (nSPS) is 12.1. The minimum atomic E-state index is -0.308. The smallest absolute Gasteiger partial charge is 0.254 e. The first-order valence-corrected chi connectivity index (χ1v) is 10.2. The van der Waals surface area contributed by atoms with Crippen molar-refractivity contribution in [3.05, 3.63) is 77.4 Å². The van der Waals surface area contributed by atoms with E-state index in [0.717, 1.165) is 18.6 Å². The van der Waals surface area contributed by atoms with Crippen molar-refractivity contribution < 1.29 is 13.9 Å². The van der Waals surface area contributed by atoms with Crippen molar-refractivity contribution >= 4 is 5.91 Å². The number of aromatic nitrogens is 2. The molecule has 1 amide bonds. The third kappa shape index (κ3) is 5.47. The quantitative estimate of drug-likeness (QED) is 0.578. The van der Waals surface area contributed by atoms with Gasteiger partial charge in [-0.05, 0) is 82.5 Å². The highest BCUT2D eigenvalue weighted by Crippen LogP contribution is 2.17. The molecule has 30 heavy (non-hydrogen) atoms. The Morgan fingerprint density at radius 1 is 1.10 bits per heavy atom. The van der Waals surface area contributed by atoms with Crippen molar-refractivity contribution in [2.45, 2.75) is 52.7 Å². The number of hydrogen-bond donors (Lipinski definition) is 1. The summed E-state index contributed by atoms with van der Waals surface area (Å²) >= 11 is 0. The fourth-order valence-electron chi connectivity index (χ4n) is 3.24. The van der Waals surface area contributed by atoms with Crippen LogP contribution in [-0.2, 0) is 6.42 Å². The predicted octanol–water partition coefficient (Wildman–Crippen LogP) is 4.86. The number of rotatable bonds is 8. The van der Waals surface area contributed by atoms with E-state index >= 15 is 0 Å². The lowest BCUT2D eigenvalue weighted by Gasteiger charge is -2.14. The molecule has 0 aliphatic heterocycles. The first kappa shape index (κ1) is 21.6. The minimum absolute atomic E-state index is 0.0117. The first-order chi connectivity index (χ1) is 14.3. The van der Waals surface area contributed by atoms with Crippen LogP contribution in [0.25, 0.3) is 5.69 Å². The number of carbonyl (C=O) groups excluding carboxylic acids is 1. The number of ether oxygens (including phenoxy) is 1. The van der Waals surface area contributed by atoms with Crippen LogP contribution in [0.15, 0.2) is 54.7 Å². The minimum Gasteiger partial charge on any atom is -0.491 e. The molecule has 1 aromatic heterocycles. The van der Waals surface area contributed by atoms with Crippen molar-refractivity contribution in [3.63, 3.8) is 0 Å². The highest BCUT2D eigenvalue weighted by molar-refractivity contribution is 5.95. The maximum atomic E-state index is 13.1. The van der Waals surface area contributed by atoms with Crippen LogP contribution in [0.5, 0.6) is 5.75 Å². The van der Waals surface area contributed by atoms with Gasteiger partial charge in [0.05, 0.1) is 29.2 Å². The fourth-order valence-corrected chi connectivity index (χ4v) is 3.24. The van der Waals surface area contributed by atoms with Crippen molar-refractivity contribution in [1.29, 1.82) is 0 Å². The number of aryl methyl sites for hydroxylation is 1. The van der Waals surface area contributed by atoms with Crippen LogP contribution in [-0.4, -0.2) is 27.8 Å². The van der Waals surface area contributed by atoms with E-state index in [9.17, 15) is 9.18 Å². The van der Waals surface area contributed by atoms with Gasteiger partial charge in [0, 0.05) is 6.04 Å². The summed E-state index contributed by atoms with van der Waals surface area (Å²) in [6, 6.07) is 14.1. The topological polar surface area (TPSA) is 56.1 Å². The van der Waals surface area contributed by atoms with Crippen LogP contribution in [0.3, 0.4) is 0 Å². The first-order valence-electron chi connectivity index (χ1n) is 10.2. The van der Waals surface area contributed by atoms with Gasteiger partial charge in [0.15, 0.2) is 0 Å². The molecule has 0 saturated carbocycles. The Bertz CT molecular complexity index is 979. The van der Waals surface area contributed by atoms with Crippen LogP contribution < -0.4 is 10.1 Å². The fraction of sp³-hybridized carbons (Fsp3) is 0.333. The second-order valence-electron chi connectivity index (χ2n) is 7.76. The molecule has 0 aliphatic rings. The lowest BCUT2D eigenvalue weighted by Crippen LogP contribution is -2.33. The third-order valence-electron chi connectivity index (χ3n) is 4.86. The van der Waals surface area contributed by atoms with E-state index in [1.807, 2.05) is 39.8 Å². The summed E-state index contributed by atoms with van der Waals surface area (Å²) in [4.78, 5) is 12.7. The molecule has 1 atom stereocenters. The molecule has 158 valence electrons. The summed E-state index contributed by atoms with van der Waals surface area (Å²) in [7, 11) is 0. The Morgan fingerprint density at radius 3 is 2.40 bits per heavy atom. The second kappa shape index (κ2) is 9.57. The molecule has 0 bridgehead atoms. The number of nitrogens with zero attached hydrogens (tertiary/aromatic N) is 2. The summed E-state index contributed by atoms with van der Waals surface area (Å²) in [5, 5.41) is 7.33. The van der Waals surface area contributed by atoms with E-state index in [4.69, 9.17) is 4.74 Å². The van der Waals surface area contributed by atoms with Gasteiger partial charge >= 0.3 is 0 Å². The molecule has 0 aliphatic carbocycles. The molecule has 0 spiro atoms. The molecule has 3 rings (SSSR count). The molecule has 1 heterocycles. The Morgan fingerprint density at radius 2 is 1.77 bits per heavy atom. The number of amides is 1. The van der Waals surface area contributed by atoms with E-state index in [2.05, 4.69) is 22.5 Å². The zero-order chi connectivity index (χ0) is 21.7. The lowest BCUT2D eigenvalue weighted by molar-refractivity contribution is 0.0938. The van der Waals surface area contributed by atoms with Gasteiger partial charge in [0.25, 0.3) is 5.91 Å². The summed E-state index contributed by atoms with van der Waals surface area (Å²) < 4.78 is 20.4. The van der Waals surface area contributed by atoms with Gasteiger partial charge < -0.3 is 10.1 Å². The molecular formula is C24H28FN3O2. The zero-order valence-electron chi connectivity index (χ0n) is 17.9. The summed E-state index contributed by atoms with van der Waals surface area (Å²) in [5.74, 6) is 0.398. The standard InChI is InChI=1S/C24H28FN3O2/c1-16(2)30-22-13-7-19(8-14-22)6-5-17(3)27-24(29)23-15-26-28(18(23)4)21-11-9-20(25)10-12-21/h7-17H,5-6H2,1-4H3,(H,27,29). The molecule has 3 aromatic rings. The molecule has 6 heteroatoms. The van der Waals surface area contributed by atoms with Crippen LogP contribution >= 0.6 is 0 Å². The number of hydrogen-bond acceptors (Lipinski definition) is 3. The van der Waals surface area contributed by atoms with Crippen LogP contribution in [0.2, 0.25) is 0 Å². The zero-order valence-corrected chi connectivity index (χ0v) is 17.9. The molecule has 0 radical (unpaired) electrons. The van der Waals surface area contributed by atoms with Crippen molar-refractivity contribution in [2.24, 2.45) is 0 Å². The van der Waals surface area contributed by atoms with Crippen molar-refractivity contribution in [2.75, 3.05) is 0 Å². The number of carbonyl (C=O) groups is 1. The van der Waals surface area contributed by atoms with Crippen LogP contribution in [0, 0.1) is 12.7 Å². The highest BCUT2D eigenvalue weighted by Gasteiger charge is 2.17. The van der Waals surface area contributed by atoms with E-state index in [1.165, 1.54) is 17.7 Å². The van der Waals surface area contributed by atoms with Gasteiger partial charge in [-0.3, -0.25) is 4.79 Å². The largest absolute Gasteiger partial charge is 0.491 e. The number of benzene rings is 2. The molecule has 0 saturated heterocycles. The maximum Gasteiger partial charge on any atom is 0.254 e. The van der Waals surface area contributed by atoms with Gasteiger partial charge in [-0.1, -0.05) is 12.1 Å². The van der Waals surface area contributed by atoms with Gasteiger partial charge in [-0.2, -0.15) is 5.10 Å². The van der Waals surface area contributed by atoms with Gasteiger partial charge in [0.2, 0.25) is 0 Å². The van der Waals surface area contributed by atoms with Crippen LogP contribution in [0.4, 0.5) is 4.39 Å². The monoisotopic (exact) mass is 409 g/mol. The van der Waals surface area contributed by atoms with Gasteiger partial charge in [-0.25, -0.2) is 9.07 Å². The Hall–Kier alpha value is -3.15. The summed E-state index contributed by atoms with van der Waals surface area (Å²) in [6.45, 7) is 7.83. The highest BCUT2D eigenvalue weighted by atomic mass is 19.1. The van der Waals surface area contributed by atoms with Crippen molar-refractivity contribution in [3.8, 4) is 11.4 Å². The molecule has 2 aromatic carbocycles. The molecule has 1 N–H and O–H groups in total. The Kier molecular flexibility index (Phi) is 6.87. The predicted molar refractivity (Wildman–Crippen MR) is 116 cm³/mol. The molecular weight excluding hydrogens is 381 g/mol. The molecule has 5 nitrogen and oxygen atoms in total. The van der Waals surface area contributed by atoms with E-state index in [0.29, 0.717) is 16.9 Å². The number of nitrogens with one attached hydrogen (secondary N) is 1. The average Bonchev–Trinajstić information content (AvgIpc) is 3.09. The van der Waals surface area contributed by atoms with Gasteiger partial charge in [-0.15, -0.1) is 0 Å². The Balaban J connectivity index is 1.56. The SMILES string of the molecule is Cc1c(C(=O)NC(C)CCc2ccc(OC(C)C)cc2)cnn1-c1ccc(F)cc1. The average molecular weight is 410 g/mol. The maximum absolute atomic E-state index is 13.1. The van der Waals surface area contributed by atoms with E-state index in [1.54, 1.807) is 23.0 Å². The Labute approximate surface area is 176 Å². The lowest BCUT2D eigenvalue weighted by atomic mass is 10.1. The van der Waals surface area contributed by atoms with Gasteiger partial charge in [0.1, 0.15) is 11.6 Å².